The van der Waals surface area contributed by atoms with Gasteiger partial charge in [0.1, 0.15) is 0 Å². The summed E-state index contributed by atoms with van der Waals surface area (Å²) in [7, 11) is -3.36. The van der Waals surface area contributed by atoms with E-state index in [1.165, 1.54) is 0 Å². The lowest BCUT2D eigenvalue weighted by molar-refractivity contribution is -0.119. The van der Waals surface area contributed by atoms with E-state index < -0.39 is 15.7 Å². The summed E-state index contributed by atoms with van der Waals surface area (Å²) in [6, 6.07) is 6.52. The molecule has 1 rings (SSSR count). The molecule has 1 amide bonds. The fraction of sp³-hybridized carbons (Fsp3) is 0.462. The fourth-order valence-electron chi connectivity index (χ4n) is 1.77. The van der Waals surface area contributed by atoms with Crippen LogP contribution in [0, 0.1) is 0 Å². The van der Waals surface area contributed by atoms with E-state index in [9.17, 15) is 13.2 Å². The van der Waals surface area contributed by atoms with E-state index >= 15 is 0 Å². The van der Waals surface area contributed by atoms with Gasteiger partial charge in [-0.05, 0) is 24.2 Å². The first-order valence-electron chi connectivity index (χ1n) is 6.41. The van der Waals surface area contributed by atoms with Gasteiger partial charge in [-0.25, -0.2) is 8.42 Å². The van der Waals surface area contributed by atoms with Gasteiger partial charge in [-0.2, -0.15) is 0 Å². The smallest absolute Gasteiger partial charge is 0.231 e. The Balaban J connectivity index is 2.71. The zero-order chi connectivity index (χ0) is 15.2. The molecule has 0 saturated carbocycles. The largest absolute Gasteiger partial charge is 0.369 e. The molecule has 0 unspecified atom stereocenters. The number of benzene rings is 1. The van der Waals surface area contributed by atoms with E-state index in [1.54, 1.807) is 29.2 Å². The molecule has 0 radical (unpaired) electrons. The molecule has 1 aromatic rings. The lowest BCUT2D eigenvalue weighted by atomic mass is 10.2. The molecule has 112 valence electrons. The molecule has 0 aromatic heterocycles. The third-order valence-corrected chi connectivity index (χ3v) is 4.73. The Hall–Kier alpha value is -1.44. The molecule has 0 saturated heterocycles. The maximum absolute atomic E-state index is 12.2. The summed E-state index contributed by atoms with van der Waals surface area (Å²) in [6.45, 7) is 3.15. The fourth-order valence-corrected chi connectivity index (χ4v) is 3.05. The number of primary amides is 1. The van der Waals surface area contributed by atoms with Crippen molar-refractivity contribution in [1.29, 1.82) is 0 Å². The number of rotatable bonds is 8. The standard InChI is InChI=1S/C13H21N3O3S/c1-2-16(10-13(15)17)7-8-20(18,19)12-5-3-11(9-14)4-6-12/h3-6H,2,7-10,14H2,1H3,(H2,15,17). The highest BCUT2D eigenvalue weighted by atomic mass is 32.2. The molecule has 1 aromatic carbocycles. The van der Waals surface area contributed by atoms with Gasteiger partial charge in [0, 0.05) is 13.1 Å². The first-order chi connectivity index (χ1) is 9.39. The minimum absolute atomic E-state index is 0.0455. The molecule has 20 heavy (non-hydrogen) atoms. The molecule has 0 spiro atoms. The number of hydrogen-bond donors (Lipinski definition) is 2. The number of sulfone groups is 1. The molecule has 0 heterocycles. The summed E-state index contributed by atoms with van der Waals surface area (Å²) in [5, 5.41) is 0. The number of nitrogens with two attached hydrogens (primary N) is 2. The Morgan fingerprint density at radius 3 is 2.30 bits per heavy atom. The van der Waals surface area contributed by atoms with Crippen LogP contribution in [0.1, 0.15) is 12.5 Å². The lowest BCUT2D eigenvalue weighted by Gasteiger charge is -2.18. The van der Waals surface area contributed by atoms with Gasteiger partial charge in [0.25, 0.3) is 0 Å². The van der Waals surface area contributed by atoms with Gasteiger partial charge in [0.05, 0.1) is 17.2 Å². The van der Waals surface area contributed by atoms with Crippen molar-refractivity contribution in [2.75, 3.05) is 25.4 Å². The van der Waals surface area contributed by atoms with Crippen LogP contribution in [0.25, 0.3) is 0 Å². The number of carbonyl (C=O) groups excluding carboxylic acids is 1. The average molecular weight is 299 g/mol. The maximum atomic E-state index is 12.2. The highest BCUT2D eigenvalue weighted by Crippen LogP contribution is 2.12. The van der Waals surface area contributed by atoms with Gasteiger partial charge in [-0.1, -0.05) is 19.1 Å². The SMILES string of the molecule is CCN(CCS(=O)(=O)c1ccc(CN)cc1)CC(N)=O. The van der Waals surface area contributed by atoms with Gasteiger partial charge in [0.15, 0.2) is 9.84 Å². The van der Waals surface area contributed by atoms with Crippen molar-refractivity contribution in [2.24, 2.45) is 11.5 Å². The first kappa shape index (κ1) is 16.6. The van der Waals surface area contributed by atoms with Crippen molar-refractivity contribution in [3.63, 3.8) is 0 Å². The van der Waals surface area contributed by atoms with Crippen molar-refractivity contribution in [2.45, 2.75) is 18.4 Å². The molecule has 0 bridgehead atoms. The number of carbonyl (C=O) groups is 1. The van der Waals surface area contributed by atoms with Crippen molar-refractivity contribution >= 4 is 15.7 Å². The predicted molar refractivity (Wildman–Crippen MR) is 77.7 cm³/mol. The summed E-state index contributed by atoms with van der Waals surface area (Å²) in [5.74, 6) is -0.507. The highest BCUT2D eigenvalue weighted by Gasteiger charge is 2.16. The van der Waals surface area contributed by atoms with Gasteiger partial charge in [0.2, 0.25) is 5.91 Å². The van der Waals surface area contributed by atoms with Crippen LogP contribution >= 0.6 is 0 Å². The maximum Gasteiger partial charge on any atom is 0.231 e. The van der Waals surface area contributed by atoms with Gasteiger partial charge < -0.3 is 11.5 Å². The number of nitrogens with zero attached hydrogens (tertiary/aromatic N) is 1. The van der Waals surface area contributed by atoms with Gasteiger partial charge >= 0.3 is 0 Å². The van der Waals surface area contributed by atoms with E-state index in [2.05, 4.69) is 0 Å². The molecule has 0 aliphatic heterocycles. The molecule has 4 N–H and O–H groups in total. The van der Waals surface area contributed by atoms with Crippen molar-refractivity contribution < 1.29 is 13.2 Å². The Labute approximate surface area is 119 Å². The summed E-state index contributed by atoms with van der Waals surface area (Å²) < 4.78 is 24.3. The predicted octanol–water partition coefficient (Wildman–Crippen LogP) is -0.274. The van der Waals surface area contributed by atoms with Crippen molar-refractivity contribution in [1.82, 2.24) is 4.90 Å². The zero-order valence-corrected chi connectivity index (χ0v) is 12.4. The lowest BCUT2D eigenvalue weighted by Crippen LogP contribution is -2.36. The van der Waals surface area contributed by atoms with E-state index in [0.717, 1.165) is 5.56 Å². The summed E-state index contributed by atoms with van der Waals surface area (Å²) >= 11 is 0. The molecular weight excluding hydrogens is 278 g/mol. The monoisotopic (exact) mass is 299 g/mol. The normalized spacial score (nSPS) is 11.8. The second kappa shape index (κ2) is 7.37. The Morgan fingerprint density at radius 2 is 1.85 bits per heavy atom. The van der Waals surface area contributed by atoms with Crippen LogP contribution in [0.2, 0.25) is 0 Å². The van der Waals surface area contributed by atoms with Gasteiger partial charge in [-0.15, -0.1) is 0 Å². The van der Waals surface area contributed by atoms with E-state index in [-0.39, 0.29) is 23.7 Å². The molecule has 0 aliphatic carbocycles. The van der Waals surface area contributed by atoms with Crippen LogP contribution in [0.15, 0.2) is 29.2 Å². The minimum atomic E-state index is -3.36. The van der Waals surface area contributed by atoms with Crippen LogP contribution in [0.5, 0.6) is 0 Å². The summed E-state index contributed by atoms with van der Waals surface area (Å²) in [4.78, 5) is 12.8. The third-order valence-electron chi connectivity index (χ3n) is 3.02. The van der Waals surface area contributed by atoms with E-state index in [4.69, 9.17) is 11.5 Å². The number of hydrogen-bond acceptors (Lipinski definition) is 5. The van der Waals surface area contributed by atoms with E-state index in [0.29, 0.717) is 13.1 Å². The molecule has 6 nitrogen and oxygen atoms in total. The number of likely N-dealkylation sites (N-methyl/N-ethyl adjacent to an activating group) is 1. The van der Waals surface area contributed by atoms with Crippen LogP contribution < -0.4 is 11.5 Å². The number of amides is 1. The highest BCUT2D eigenvalue weighted by molar-refractivity contribution is 7.91. The Morgan fingerprint density at radius 1 is 1.25 bits per heavy atom. The molecule has 0 fully saturated rings. The van der Waals surface area contributed by atoms with E-state index in [1.807, 2.05) is 6.92 Å². The first-order valence-corrected chi connectivity index (χ1v) is 8.06. The van der Waals surface area contributed by atoms with Crippen LogP contribution in [-0.2, 0) is 21.2 Å². The van der Waals surface area contributed by atoms with Crippen molar-refractivity contribution in [3.05, 3.63) is 29.8 Å². The molecule has 0 atom stereocenters. The third kappa shape index (κ3) is 4.92. The topological polar surface area (TPSA) is 106 Å². The van der Waals surface area contributed by atoms with Crippen LogP contribution in [-0.4, -0.2) is 44.6 Å². The summed E-state index contributed by atoms with van der Waals surface area (Å²) in [5.41, 5.74) is 11.5. The van der Waals surface area contributed by atoms with Crippen LogP contribution in [0.4, 0.5) is 0 Å². The average Bonchev–Trinajstić information content (AvgIpc) is 2.43. The minimum Gasteiger partial charge on any atom is -0.369 e. The Kier molecular flexibility index (Phi) is 6.12. The molecule has 0 aliphatic rings. The quantitative estimate of drug-likeness (QED) is 0.687. The van der Waals surface area contributed by atoms with Gasteiger partial charge in [-0.3, -0.25) is 9.69 Å². The Bertz CT molecular complexity index is 540. The second-order valence-electron chi connectivity index (χ2n) is 4.50. The molecule has 7 heteroatoms. The second-order valence-corrected chi connectivity index (χ2v) is 6.61. The zero-order valence-electron chi connectivity index (χ0n) is 11.6. The van der Waals surface area contributed by atoms with Crippen molar-refractivity contribution in [3.8, 4) is 0 Å². The van der Waals surface area contributed by atoms with Crippen LogP contribution in [0.3, 0.4) is 0 Å². The molecular formula is C13H21N3O3S. The summed E-state index contributed by atoms with van der Waals surface area (Å²) in [6.07, 6.45) is 0.